The van der Waals surface area contributed by atoms with Gasteiger partial charge in [-0.1, -0.05) is 136 Å². The summed E-state index contributed by atoms with van der Waals surface area (Å²) in [6.07, 6.45) is 0. The van der Waals surface area contributed by atoms with E-state index in [4.69, 9.17) is 0 Å². The number of fused-ring (bicyclic) bond motifs is 12. The number of anilines is 6. The number of hydrogen-bond donors (Lipinski definition) is 0. The van der Waals surface area contributed by atoms with Gasteiger partial charge in [-0.15, -0.1) is 22.7 Å². The van der Waals surface area contributed by atoms with E-state index in [2.05, 4.69) is 209 Å². The lowest BCUT2D eigenvalue weighted by atomic mass is 9.72. The van der Waals surface area contributed by atoms with Crippen molar-refractivity contribution in [2.24, 2.45) is 0 Å². The average molecular weight is 833 g/mol. The van der Waals surface area contributed by atoms with E-state index in [9.17, 15) is 0 Å². The van der Waals surface area contributed by atoms with Crippen LogP contribution in [0.5, 0.6) is 0 Å². The highest BCUT2D eigenvalue weighted by Gasteiger charge is 2.41. The Labute approximate surface area is 369 Å². The van der Waals surface area contributed by atoms with Crippen LogP contribution in [0.4, 0.5) is 34.1 Å². The molecule has 0 aliphatic carbocycles. The maximum atomic E-state index is 2.63. The molecule has 0 bridgehead atoms. The van der Waals surface area contributed by atoms with Gasteiger partial charge in [0.25, 0.3) is 0 Å². The van der Waals surface area contributed by atoms with Gasteiger partial charge in [0.15, 0.2) is 0 Å². The van der Waals surface area contributed by atoms with Crippen LogP contribution >= 0.6 is 22.7 Å². The molecule has 0 unspecified atom stereocenters. The minimum atomic E-state index is -0.219. The first kappa shape index (κ1) is 36.2. The Morgan fingerprint density at radius 1 is 0.323 bits per heavy atom. The van der Waals surface area contributed by atoms with Crippen molar-refractivity contribution in [1.29, 1.82) is 0 Å². The molecule has 0 spiro atoms. The Hall–Kier alpha value is -6.46. The SMILES string of the molecule is Cc1ccc2c(N3c4ccccc4C(C)(C)c4cc5c(cc43)sc3ccccc35)c3ccc(C)cc3c(N3c4ccccc4C(C)(C)c4cc5c(cc43)sc3ccccc35)c2c1. The summed E-state index contributed by atoms with van der Waals surface area (Å²) in [5, 5.41) is 10.3. The van der Waals surface area contributed by atoms with E-state index in [-0.39, 0.29) is 10.8 Å². The van der Waals surface area contributed by atoms with E-state index in [1.807, 2.05) is 22.7 Å². The van der Waals surface area contributed by atoms with Gasteiger partial charge in [-0.25, -0.2) is 0 Å². The van der Waals surface area contributed by atoms with Crippen molar-refractivity contribution in [3.63, 3.8) is 0 Å². The molecular weight excluding hydrogens is 789 g/mol. The lowest BCUT2D eigenvalue weighted by Crippen LogP contribution is -2.31. The largest absolute Gasteiger partial charge is 0.309 e. The number of para-hydroxylation sites is 2. The highest BCUT2D eigenvalue weighted by molar-refractivity contribution is 7.26. The second kappa shape index (κ2) is 12.6. The monoisotopic (exact) mass is 832 g/mol. The second-order valence-electron chi connectivity index (χ2n) is 18.7. The van der Waals surface area contributed by atoms with E-state index in [0.29, 0.717) is 0 Å². The van der Waals surface area contributed by atoms with Crippen molar-refractivity contribution < 1.29 is 0 Å². The average Bonchev–Trinajstić information content (AvgIpc) is 3.83. The molecule has 2 aliphatic rings. The molecule has 2 aromatic heterocycles. The van der Waals surface area contributed by atoms with Gasteiger partial charge >= 0.3 is 0 Å². The maximum Gasteiger partial charge on any atom is 0.0620 e. The summed E-state index contributed by atoms with van der Waals surface area (Å²) in [7, 11) is 0. The van der Waals surface area contributed by atoms with Crippen LogP contribution in [-0.2, 0) is 10.8 Å². The highest BCUT2D eigenvalue weighted by atomic mass is 32.1. The predicted octanol–water partition coefficient (Wildman–Crippen LogP) is 17.6. The molecule has 13 rings (SSSR count). The molecular formula is C58H44N2S2. The van der Waals surface area contributed by atoms with Crippen LogP contribution in [0.3, 0.4) is 0 Å². The van der Waals surface area contributed by atoms with Crippen molar-refractivity contribution in [3.8, 4) is 0 Å². The molecule has 2 nitrogen and oxygen atoms in total. The fraction of sp³-hybridized carbons (Fsp3) is 0.138. The van der Waals surface area contributed by atoms with Gasteiger partial charge in [-0.3, -0.25) is 0 Å². The number of thiophene rings is 2. The van der Waals surface area contributed by atoms with Gasteiger partial charge in [0.2, 0.25) is 0 Å². The Kier molecular flexibility index (Phi) is 7.34. The topological polar surface area (TPSA) is 6.48 Å². The molecule has 0 N–H and O–H groups in total. The Balaban J connectivity index is 1.17. The van der Waals surface area contributed by atoms with Gasteiger partial charge in [-0.05, 0) is 96.8 Å². The van der Waals surface area contributed by atoms with E-state index in [0.717, 1.165) is 0 Å². The van der Waals surface area contributed by atoms with Crippen LogP contribution in [0.15, 0.2) is 158 Å². The molecule has 0 radical (unpaired) electrons. The zero-order valence-corrected chi connectivity index (χ0v) is 37.4. The molecule has 9 aromatic carbocycles. The highest BCUT2D eigenvalue weighted by Crippen LogP contribution is 2.60. The third kappa shape index (κ3) is 4.80. The van der Waals surface area contributed by atoms with Crippen molar-refractivity contribution in [1.82, 2.24) is 0 Å². The first-order valence-corrected chi connectivity index (χ1v) is 23.4. The molecule has 11 aromatic rings. The lowest BCUT2D eigenvalue weighted by Gasteiger charge is -2.44. The fourth-order valence-corrected chi connectivity index (χ4v) is 13.5. The summed E-state index contributed by atoms with van der Waals surface area (Å²) in [5.74, 6) is 0. The second-order valence-corrected chi connectivity index (χ2v) is 20.8. The van der Waals surface area contributed by atoms with Crippen LogP contribution < -0.4 is 9.80 Å². The molecule has 0 amide bonds. The quantitative estimate of drug-likeness (QED) is 0.160. The van der Waals surface area contributed by atoms with E-state index < -0.39 is 0 Å². The molecule has 0 fully saturated rings. The van der Waals surface area contributed by atoms with Crippen LogP contribution in [0, 0.1) is 13.8 Å². The van der Waals surface area contributed by atoms with Gasteiger partial charge in [0.1, 0.15) is 0 Å². The Morgan fingerprint density at radius 3 is 1.19 bits per heavy atom. The van der Waals surface area contributed by atoms with Gasteiger partial charge < -0.3 is 9.80 Å². The van der Waals surface area contributed by atoms with E-state index >= 15 is 0 Å². The van der Waals surface area contributed by atoms with Crippen LogP contribution in [0.1, 0.15) is 61.1 Å². The van der Waals surface area contributed by atoms with E-state index in [1.54, 1.807) is 0 Å². The first-order valence-electron chi connectivity index (χ1n) is 21.8. The van der Waals surface area contributed by atoms with Crippen molar-refractivity contribution >= 4 is 119 Å². The normalized spacial score (nSPS) is 15.1. The Bertz CT molecular complexity index is 3690. The smallest absolute Gasteiger partial charge is 0.0620 e. The summed E-state index contributed by atoms with van der Waals surface area (Å²) >= 11 is 3.80. The van der Waals surface area contributed by atoms with Crippen LogP contribution in [-0.4, -0.2) is 0 Å². The van der Waals surface area contributed by atoms with Gasteiger partial charge in [0, 0.05) is 72.7 Å². The fourth-order valence-electron chi connectivity index (χ4n) is 11.2. The number of benzene rings is 9. The lowest BCUT2D eigenvalue weighted by molar-refractivity contribution is 0.633. The van der Waals surface area contributed by atoms with Gasteiger partial charge in [0.05, 0.1) is 34.1 Å². The molecule has 4 heterocycles. The van der Waals surface area contributed by atoms with Crippen molar-refractivity contribution in [2.75, 3.05) is 9.80 Å². The van der Waals surface area contributed by atoms with Gasteiger partial charge in [-0.2, -0.15) is 0 Å². The molecule has 298 valence electrons. The minimum absolute atomic E-state index is 0.218. The zero-order valence-electron chi connectivity index (χ0n) is 35.7. The molecule has 2 aliphatic heterocycles. The molecule has 0 saturated heterocycles. The standard InChI is InChI=1S/C58H44N2S2/c1-33-23-25-37-41(27-33)56(60-48-20-12-10-18-44(48)58(5,6)46-30-40-36-16-8-14-22-52(36)62-54(40)32-50(46)60)42-28-34(2)24-26-38(42)55(37)59-47-19-11-9-17-43(47)57(3,4)45-29-39-35-15-7-13-21-51(35)61-53(39)31-49(45)59/h7-32H,1-6H3. The number of aryl methyl sites for hydroxylation is 2. The predicted molar refractivity (Wildman–Crippen MR) is 270 cm³/mol. The molecule has 0 atom stereocenters. The molecule has 4 heteroatoms. The Morgan fingerprint density at radius 2 is 0.726 bits per heavy atom. The minimum Gasteiger partial charge on any atom is -0.309 e. The summed E-state index contributed by atoms with van der Waals surface area (Å²) in [6.45, 7) is 14.1. The maximum absolute atomic E-state index is 2.63. The van der Waals surface area contributed by atoms with E-state index in [1.165, 1.54) is 129 Å². The first-order chi connectivity index (χ1) is 30.1. The van der Waals surface area contributed by atoms with Crippen molar-refractivity contribution in [3.05, 3.63) is 191 Å². The number of rotatable bonds is 2. The van der Waals surface area contributed by atoms with Crippen molar-refractivity contribution in [2.45, 2.75) is 52.4 Å². The summed E-state index contributed by atoms with van der Waals surface area (Å²) in [6, 6.07) is 60.4. The zero-order chi connectivity index (χ0) is 41.8. The number of nitrogens with zero attached hydrogens (tertiary/aromatic N) is 2. The summed E-state index contributed by atoms with van der Waals surface area (Å²) in [4.78, 5) is 5.26. The summed E-state index contributed by atoms with van der Waals surface area (Å²) in [5.41, 5.74) is 14.9. The van der Waals surface area contributed by atoms with Crippen LogP contribution in [0.2, 0.25) is 0 Å². The number of hydrogen-bond acceptors (Lipinski definition) is 4. The molecule has 62 heavy (non-hydrogen) atoms. The summed E-state index contributed by atoms with van der Waals surface area (Å²) < 4.78 is 5.30. The third-order valence-corrected chi connectivity index (χ3v) is 16.5. The van der Waals surface area contributed by atoms with Crippen LogP contribution in [0.25, 0.3) is 61.9 Å². The molecule has 0 saturated carbocycles. The third-order valence-electron chi connectivity index (χ3n) is 14.3.